The van der Waals surface area contributed by atoms with Crippen molar-refractivity contribution in [1.82, 2.24) is 9.78 Å². The first-order chi connectivity index (χ1) is 10.2. The number of hydrogen-bond donors (Lipinski definition) is 0. The van der Waals surface area contributed by atoms with Gasteiger partial charge in [0.25, 0.3) is 0 Å². The predicted molar refractivity (Wildman–Crippen MR) is 77.1 cm³/mol. The number of ketones is 1. The minimum absolute atomic E-state index is 0.131. The Morgan fingerprint density at radius 2 is 2.29 bits per heavy atom. The van der Waals surface area contributed by atoms with Crippen molar-refractivity contribution in [3.63, 3.8) is 0 Å². The number of nitriles is 1. The number of methoxy groups -OCH3 is 1. The van der Waals surface area contributed by atoms with Crippen LogP contribution in [0.2, 0.25) is 0 Å². The molecule has 1 heterocycles. The van der Waals surface area contributed by atoms with E-state index in [4.69, 9.17) is 10.00 Å². The molecule has 0 aliphatic heterocycles. The van der Waals surface area contributed by atoms with E-state index in [0.29, 0.717) is 37.1 Å². The second-order valence-electron chi connectivity index (χ2n) is 4.96. The van der Waals surface area contributed by atoms with Crippen LogP contribution in [0.3, 0.4) is 0 Å². The number of rotatable bonds is 4. The minimum Gasteiger partial charge on any atom is -0.497 e. The van der Waals surface area contributed by atoms with Crippen LogP contribution in [0, 0.1) is 11.3 Å². The number of hydrogen-bond acceptors (Lipinski definition) is 4. The van der Waals surface area contributed by atoms with Gasteiger partial charge in [0, 0.05) is 12.0 Å². The second-order valence-corrected chi connectivity index (χ2v) is 4.96. The van der Waals surface area contributed by atoms with Crippen LogP contribution in [0.5, 0.6) is 5.75 Å². The summed E-state index contributed by atoms with van der Waals surface area (Å²) < 4.78 is 7.04. The molecule has 0 amide bonds. The average Bonchev–Trinajstić information content (AvgIpc) is 3.07. The van der Waals surface area contributed by atoms with Crippen molar-refractivity contribution in [1.29, 1.82) is 5.26 Å². The molecule has 0 bridgehead atoms. The van der Waals surface area contributed by atoms with Crippen LogP contribution >= 0.6 is 0 Å². The summed E-state index contributed by atoms with van der Waals surface area (Å²) in [6.45, 7) is 0.524. The van der Waals surface area contributed by atoms with Crippen LogP contribution in [-0.4, -0.2) is 22.7 Å². The van der Waals surface area contributed by atoms with Crippen LogP contribution in [0.1, 0.15) is 28.9 Å². The SMILES string of the molecule is COc1cccc(-c2nn(CCC#N)c3c2C(=O)CC3)c1. The topological polar surface area (TPSA) is 67.9 Å². The van der Waals surface area contributed by atoms with E-state index in [0.717, 1.165) is 17.0 Å². The van der Waals surface area contributed by atoms with Crippen LogP contribution in [0.15, 0.2) is 24.3 Å². The van der Waals surface area contributed by atoms with Gasteiger partial charge in [0.2, 0.25) is 0 Å². The third kappa shape index (κ3) is 2.29. The standard InChI is InChI=1S/C16H15N3O2/c1-21-12-5-2-4-11(10-12)16-15-13(6-7-14(15)20)19(18-16)9-3-8-17/h2,4-5,10H,3,6-7,9H2,1H3. The Hall–Kier alpha value is -2.61. The minimum atomic E-state index is 0.131. The summed E-state index contributed by atoms with van der Waals surface area (Å²) in [7, 11) is 1.61. The van der Waals surface area contributed by atoms with E-state index < -0.39 is 0 Å². The Balaban J connectivity index is 2.10. The smallest absolute Gasteiger partial charge is 0.167 e. The Morgan fingerprint density at radius 3 is 3.05 bits per heavy atom. The highest BCUT2D eigenvalue weighted by Crippen LogP contribution is 2.33. The summed E-state index contributed by atoms with van der Waals surface area (Å²) in [5.41, 5.74) is 3.23. The van der Waals surface area contributed by atoms with E-state index in [1.165, 1.54) is 0 Å². The van der Waals surface area contributed by atoms with E-state index in [2.05, 4.69) is 11.2 Å². The van der Waals surface area contributed by atoms with Crippen molar-refractivity contribution in [3.8, 4) is 23.1 Å². The number of fused-ring (bicyclic) bond motifs is 1. The fourth-order valence-corrected chi connectivity index (χ4v) is 2.71. The molecule has 0 unspecified atom stereocenters. The predicted octanol–water partition coefficient (Wildman–Crippen LogP) is 2.60. The Labute approximate surface area is 122 Å². The van der Waals surface area contributed by atoms with E-state index in [9.17, 15) is 4.79 Å². The molecule has 0 radical (unpaired) electrons. The van der Waals surface area contributed by atoms with Gasteiger partial charge in [0.15, 0.2) is 5.78 Å². The lowest BCUT2D eigenvalue weighted by atomic mass is 10.1. The molecule has 0 saturated carbocycles. The van der Waals surface area contributed by atoms with E-state index in [1.54, 1.807) is 11.8 Å². The van der Waals surface area contributed by atoms with Gasteiger partial charge in [0.1, 0.15) is 11.4 Å². The Kier molecular flexibility index (Phi) is 3.44. The summed E-state index contributed by atoms with van der Waals surface area (Å²) in [6.07, 6.45) is 1.62. The molecular weight excluding hydrogens is 266 g/mol. The quantitative estimate of drug-likeness (QED) is 0.863. The van der Waals surface area contributed by atoms with E-state index in [-0.39, 0.29) is 5.78 Å². The zero-order valence-corrected chi connectivity index (χ0v) is 11.8. The Bertz CT molecular complexity index is 740. The molecule has 0 fully saturated rings. The first-order valence-electron chi connectivity index (χ1n) is 6.89. The van der Waals surface area contributed by atoms with Gasteiger partial charge in [-0.2, -0.15) is 10.4 Å². The van der Waals surface area contributed by atoms with Gasteiger partial charge in [-0.05, 0) is 18.6 Å². The van der Waals surface area contributed by atoms with Gasteiger partial charge in [-0.25, -0.2) is 0 Å². The Morgan fingerprint density at radius 1 is 1.43 bits per heavy atom. The van der Waals surface area contributed by atoms with Crippen molar-refractivity contribution in [2.75, 3.05) is 7.11 Å². The fourth-order valence-electron chi connectivity index (χ4n) is 2.71. The van der Waals surface area contributed by atoms with Gasteiger partial charge in [0.05, 0.1) is 37.4 Å². The van der Waals surface area contributed by atoms with Gasteiger partial charge >= 0.3 is 0 Å². The molecule has 1 aliphatic carbocycles. The summed E-state index contributed by atoms with van der Waals surface area (Å²) >= 11 is 0. The van der Waals surface area contributed by atoms with Gasteiger partial charge in [-0.15, -0.1) is 0 Å². The maximum Gasteiger partial charge on any atom is 0.167 e. The zero-order valence-electron chi connectivity index (χ0n) is 11.8. The van der Waals surface area contributed by atoms with E-state index >= 15 is 0 Å². The van der Waals surface area contributed by atoms with Gasteiger partial charge in [-0.3, -0.25) is 9.48 Å². The van der Waals surface area contributed by atoms with Crippen LogP contribution < -0.4 is 4.74 Å². The molecule has 2 aromatic rings. The number of carbonyl (C=O) groups excluding carboxylic acids is 1. The molecule has 0 saturated heterocycles. The number of carbonyl (C=O) groups is 1. The molecule has 1 aliphatic rings. The largest absolute Gasteiger partial charge is 0.497 e. The molecule has 5 nitrogen and oxygen atoms in total. The van der Waals surface area contributed by atoms with Crippen molar-refractivity contribution in [3.05, 3.63) is 35.5 Å². The summed E-state index contributed by atoms with van der Waals surface area (Å²) in [6, 6.07) is 9.66. The monoisotopic (exact) mass is 281 g/mol. The first-order valence-corrected chi connectivity index (χ1v) is 6.89. The third-order valence-corrected chi connectivity index (χ3v) is 3.70. The van der Waals surface area contributed by atoms with Crippen molar-refractivity contribution in [2.24, 2.45) is 0 Å². The maximum absolute atomic E-state index is 12.2. The highest BCUT2D eigenvalue weighted by atomic mass is 16.5. The normalized spacial score (nSPS) is 13.0. The number of nitrogens with zero attached hydrogens (tertiary/aromatic N) is 3. The molecule has 21 heavy (non-hydrogen) atoms. The lowest BCUT2D eigenvalue weighted by Gasteiger charge is -2.03. The second kappa shape index (κ2) is 5.41. The summed E-state index contributed by atoms with van der Waals surface area (Å²) in [5.74, 6) is 0.865. The zero-order chi connectivity index (χ0) is 14.8. The number of ether oxygens (including phenoxy) is 1. The summed E-state index contributed by atoms with van der Waals surface area (Å²) in [5, 5.41) is 13.3. The highest BCUT2D eigenvalue weighted by molar-refractivity contribution is 6.05. The molecule has 0 N–H and O–H groups in total. The van der Waals surface area contributed by atoms with Gasteiger partial charge < -0.3 is 4.74 Å². The summed E-state index contributed by atoms with van der Waals surface area (Å²) in [4.78, 5) is 12.2. The van der Waals surface area contributed by atoms with Crippen LogP contribution in [0.25, 0.3) is 11.3 Å². The molecule has 3 rings (SSSR count). The van der Waals surface area contributed by atoms with E-state index in [1.807, 2.05) is 24.3 Å². The van der Waals surface area contributed by atoms with Crippen molar-refractivity contribution < 1.29 is 9.53 Å². The van der Waals surface area contributed by atoms with Crippen LogP contribution in [0.4, 0.5) is 0 Å². The molecule has 106 valence electrons. The maximum atomic E-state index is 12.2. The third-order valence-electron chi connectivity index (χ3n) is 3.70. The molecule has 0 atom stereocenters. The fraction of sp³-hybridized carbons (Fsp3) is 0.312. The van der Waals surface area contributed by atoms with Crippen molar-refractivity contribution in [2.45, 2.75) is 25.8 Å². The number of Topliss-reactive ketones (excluding diaryl/α,β-unsaturated/α-hetero) is 1. The van der Waals surface area contributed by atoms with Gasteiger partial charge in [-0.1, -0.05) is 12.1 Å². The molecule has 0 spiro atoms. The number of aromatic nitrogens is 2. The average molecular weight is 281 g/mol. The van der Waals surface area contributed by atoms with Crippen molar-refractivity contribution >= 4 is 5.78 Å². The first kappa shape index (κ1) is 13.4. The lowest BCUT2D eigenvalue weighted by molar-refractivity contribution is 0.0995. The molecular formula is C16H15N3O2. The molecule has 1 aromatic heterocycles. The molecule has 1 aromatic carbocycles. The highest BCUT2D eigenvalue weighted by Gasteiger charge is 2.29. The lowest BCUT2D eigenvalue weighted by Crippen LogP contribution is -2.03. The number of aryl methyl sites for hydroxylation is 1. The number of benzene rings is 1. The van der Waals surface area contributed by atoms with Crippen LogP contribution in [-0.2, 0) is 13.0 Å². The molecule has 5 heteroatoms.